The van der Waals surface area contributed by atoms with E-state index in [0.717, 1.165) is 17.2 Å². The van der Waals surface area contributed by atoms with Crippen molar-refractivity contribution >= 4 is 33.6 Å². The van der Waals surface area contributed by atoms with Gasteiger partial charge < -0.3 is 4.74 Å². The van der Waals surface area contributed by atoms with E-state index in [9.17, 15) is 4.79 Å². The highest BCUT2D eigenvalue weighted by Crippen LogP contribution is 2.24. The van der Waals surface area contributed by atoms with Gasteiger partial charge in [-0.15, -0.1) is 11.3 Å². The van der Waals surface area contributed by atoms with Gasteiger partial charge in [-0.2, -0.15) is 0 Å². The first-order chi connectivity index (χ1) is 8.72. The van der Waals surface area contributed by atoms with Gasteiger partial charge in [-0.05, 0) is 36.8 Å². The second-order valence-corrected chi connectivity index (χ2v) is 5.98. The molecule has 0 fully saturated rings. The summed E-state index contributed by atoms with van der Waals surface area (Å²) in [5.41, 5.74) is 0.566. The summed E-state index contributed by atoms with van der Waals surface area (Å²) in [6.45, 7) is 2.64. The maximum Gasteiger partial charge on any atom is 0.153 e. The number of carbonyl (C=O) groups excluding carboxylic acids is 1. The molecule has 4 heteroatoms. The maximum atomic E-state index is 10.9. The van der Waals surface area contributed by atoms with Gasteiger partial charge in [0, 0.05) is 14.2 Å². The van der Waals surface area contributed by atoms with Crippen molar-refractivity contribution in [2.24, 2.45) is 0 Å². The highest BCUT2D eigenvalue weighted by atomic mass is 79.9. The van der Waals surface area contributed by atoms with Gasteiger partial charge in [-0.3, -0.25) is 4.79 Å². The Hall–Kier alpha value is -1.13. The van der Waals surface area contributed by atoms with Crippen molar-refractivity contribution in [2.75, 3.05) is 0 Å². The molecule has 1 aromatic carbocycles. The van der Waals surface area contributed by atoms with Gasteiger partial charge in [0.1, 0.15) is 12.4 Å². The number of hydrogen-bond donors (Lipinski definition) is 0. The highest BCUT2D eigenvalue weighted by Gasteiger charge is 2.05. The summed E-state index contributed by atoms with van der Waals surface area (Å²) in [7, 11) is 0. The molecule has 0 unspecified atom stereocenters. The number of halogens is 1. The summed E-state index contributed by atoms with van der Waals surface area (Å²) in [6.07, 6.45) is 1.86. The number of hydrogen-bond acceptors (Lipinski definition) is 3. The molecule has 2 nitrogen and oxygen atoms in total. The summed E-state index contributed by atoms with van der Waals surface area (Å²) >= 11 is 5.08. The average molecular weight is 325 g/mol. The lowest BCUT2D eigenvalue weighted by atomic mass is 10.2. The van der Waals surface area contributed by atoms with Crippen LogP contribution in [-0.2, 0) is 13.0 Å². The Kier molecular flexibility index (Phi) is 4.55. The summed E-state index contributed by atoms with van der Waals surface area (Å²) in [5, 5.41) is 0. The molecule has 0 N–H and O–H groups in total. The van der Waals surface area contributed by atoms with Crippen molar-refractivity contribution < 1.29 is 9.53 Å². The molecule has 0 bridgehead atoms. The monoisotopic (exact) mass is 324 g/mol. The Morgan fingerprint density at radius 2 is 2.06 bits per heavy atom. The van der Waals surface area contributed by atoms with Crippen LogP contribution < -0.4 is 4.74 Å². The van der Waals surface area contributed by atoms with Crippen LogP contribution in [0, 0.1) is 0 Å². The molecular weight excluding hydrogens is 312 g/mol. The number of rotatable bonds is 5. The zero-order valence-electron chi connectivity index (χ0n) is 9.98. The summed E-state index contributed by atoms with van der Waals surface area (Å²) in [5.74, 6) is 0.625. The number of carbonyl (C=O) groups is 1. The molecule has 0 aliphatic heterocycles. The number of thiophene rings is 1. The van der Waals surface area contributed by atoms with E-state index in [4.69, 9.17) is 4.74 Å². The lowest BCUT2D eigenvalue weighted by molar-refractivity contribution is 0.111. The van der Waals surface area contributed by atoms with Crippen LogP contribution in [-0.4, -0.2) is 6.29 Å². The van der Waals surface area contributed by atoms with E-state index in [1.165, 1.54) is 9.75 Å². The van der Waals surface area contributed by atoms with Gasteiger partial charge in [0.25, 0.3) is 0 Å². The smallest absolute Gasteiger partial charge is 0.153 e. The van der Waals surface area contributed by atoms with Crippen LogP contribution in [0.1, 0.15) is 27.0 Å². The van der Waals surface area contributed by atoms with E-state index < -0.39 is 0 Å². The fraction of sp³-hybridized carbons (Fsp3) is 0.214. The zero-order chi connectivity index (χ0) is 13.0. The van der Waals surface area contributed by atoms with Crippen LogP contribution in [0.5, 0.6) is 5.75 Å². The van der Waals surface area contributed by atoms with Gasteiger partial charge >= 0.3 is 0 Å². The summed E-state index contributed by atoms with van der Waals surface area (Å²) in [6, 6.07) is 9.62. The second-order valence-electron chi connectivity index (χ2n) is 3.81. The standard InChI is InChI=1S/C14H13BrO2S/c1-2-12-4-5-13(18-12)9-17-14-6-3-11(15)7-10(14)8-16/h3-8H,2,9H2,1H3. The number of aryl methyl sites for hydroxylation is 1. The lowest BCUT2D eigenvalue weighted by Crippen LogP contribution is -1.96. The normalized spacial score (nSPS) is 10.3. The SMILES string of the molecule is CCc1ccc(COc2ccc(Br)cc2C=O)s1. The van der Waals surface area contributed by atoms with Crippen molar-refractivity contribution in [2.45, 2.75) is 20.0 Å². The number of aldehydes is 1. The van der Waals surface area contributed by atoms with Crippen molar-refractivity contribution in [3.8, 4) is 5.75 Å². The first-order valence-corrected chi connectivity index (χ1v) is 7.29. The minimum atomic E-state index is 0.507. The minimum Gasteiger partial charge on any atom is -0.487 e. The molecule has 1 aromatic heterocycles. The molecule has 0 atom stereocenters. The first-order valence-electron chi connectivity index (χ1n) is 5.68. The van der Waals surface area contributed by atoms with Crippen molar-refractivity contribution in [3.05, 3.63) is 50.1 Å². The van der Waals surface area contributed by atoms with Crippen LogP contribution in [0.2, 0.25) is 0 Å². The number of benzene rings is 1. The Balaban J connectivity index is 2.07. The Bertz CT molecular complexity index is 548. The van der Waals surface area contributed by atoms with Gasteiger partial charge in [0.05, 0.1) is 5.56 Å². The summed E-state index contributed by atoms with van der Waals surface area (Å²) in [4.78, 5) is 13.5. The van der Waals surface area contributed by atoms with Gasteiger partial charge in [0.15, 0.2) is 6.29 Å². The topological polar surface area (TPSA) is 26.3 Å². The minimum absolute atomic E-state index is 0.507. The Morgan fingerprint density at radius 1 is 1.28 bits per heavy atom. The summed E-state index contributed by atoms with van der Waals surface area (Å²) < 4.78 is 6.56. The van der Waals surface area contributed by atoms with E-state index in [1.807, 2.05) is 12.1 Å². The molecule has 0 aliphatic carbocycles. The van der Waals surface area contributed by atoms with Crippen LogP contribution >= 0.6 is 27.3 Å². The third kappa shape index (κ3) is 3.21. The van der Waals surface area contributed by atoms with Crippen LogP contribution in [0.15, 0.2) is 34.8 Å². The average Bonchev–Trinajstić information content (AvgIpc) is 2.85. The van der Waals surface area contributed by atoms with Gasteiger partial charge in [0.2, 0.25) is 0 Å². The van der Waals surface area contributed by atoms with Crippen LogP contribution in [0.4, 0.5) is 0 Å². The molecule has 0 radical (unpaired) electrons. The van der Waals surface area contributed by atoms with Crippen molar-refractivity contribution in [1.29, 1.82) is 0 Å². The first kappa shape index (κ1) is 13.3. The molecule has 0 spiro atoms. The molecule has 0 amide bonds. The van der Waals surface area contributed by atoms with E-state index in [2.05, 4.69) is 35.0 Å². The Labute approximate surface area is 119 Å². The predicted molar refractivity (Wildman–Crippen MR) is 77.6 cm³/mol. The molecule has 0 saturated heterocycles. The largest absolute Gasteiger partial charge is 0.487 e. The molecule has 2 aromatic rings. The van der Waals surface area contributed by atoms with Crippen molar-refractivity contribution in [1.82, 2.24) is 0 Å². The molecular formula is C14H13BrO2S. The molecule has 0 aliphatic rings. The third-order valence-corrected chi connectivity index (χ3v) is 4.23. The van der Waals surface area contributed by atoms with Gasteiger partial charge in [-0.1, -0.05) is 22.9 Å². The number of ether oxygens (including phenoxy) is 1. The lowest BCUT2D eigenvalue weighted by Gasteiger charge is -2.07. The molecule has 18 heavy (non-hydrogen) atoms. The maximum absolute atomic E-state index is 10.9. The fourth-order valence-corrected chi connectivity index (χ4v) is 2.83. The van der Waals surface area contributed by atoms with E-state index in [0.29, 0.717) is 17.9 Å². The zero-order valence-corrected chi connectivity index (χ0v) is 12.4. The molecule has 1 heterocycles. The fourth-order valence-electron chi connectivity index (χ4n) is 1.58. The Morgan fingerprint density at radius 3 is 2.72 bits per heavy atom. The molecule has 2 rings (SSSR count). The third-order valence-electron chi connectivity index (χ3n) is 2.53. The van der Waals surface area contributed by atoms with Crippen LogP contribution in [0.25, 0.3) is 0 Å². The second kappa shape index (κ2) is 6.16. The van der Waals surface area contributed by atoms with E-state index in [1.54, 1.807) is 17.4 Å². The predicted octanol–water partition coefficient (Wildman–Crippen LogP) is 4.46. The quantitative estimate of drug-likeness (QED) is 0.759. The van der Waals surface area contributed by atoms with Crippen molar-refractivity contribution in [3.63, 3.8) is 0 Å². The molecule has 94 valence electrons. The molecule has 0 saturated carbocycles. The van der Waals surface area contributed by atoms with E-state index >= 15 is 0 Å². The van der Waals surface area contributed by atoms with Gasteiger partial charge in [-0.25, -0.2) is 0 Å². The van der Waals surface area contributed by atoms with E-state index in [-0.39, 0.29) is 0 Å². The van der Waals surface area contributed by atoms with Crippen LogP contribution in [0.3, 0.4) is 0 Å². The highest BCUT2D eigenvalue weighted by molar-refractivity contribution is 9.10.